The second-order valence-corrected chi connectivity index (χ2v) is 9.04. The minimum atomic E-state index is -0.122. The summed E-state index contributed by atoms with van der Waals surface area (Å²) in [4.78, 5) is 27.3. The smallest absolute Gasteiger partial charge is 0.231 e. The molecule has 0 bridgehead atoms. The van der Waals surface area contributed by atoms with Crippen LogP contribution in [0.1, 0.15) is 27.8 Å². The molecule has 0 radical (unpaired) electrons. The standard InChI is InChI=1S/C19H17ClN4O2S2/c1-11-4-5-13(8-15(11)20)24-10-12(7-17(24)26)18-22-23-19(28-18)21-16(25)9-14-3-2-6-27-14/h2-6,8,12H,7,9-10H2,1H3,(H,21,23,25)/t12-/m1/s1. The lowest BCUT2D eigenvalue weighted by molar-refractivity contribution is -0.117. The molecule has 0 saturated carbocycles. The molecule has 2 aromatic heterocycles. The van der Waals surface area contributed by atoms with Gasteiger partial charge in [0, 0.05) is 34.5 Å². The zero-order chi connectivity index (χ0) is 19.7. The molecule has 1 N–H and O–H groups in total. The molecule has 1 saturated heterocycles. The zero-order valence-corrected chi connectivity index (χ0v) is 17.4. The van der Waals surface area contributed by atoms with Gasteiger partial charge >= 0.3 is 0 Å². The number of aromatic nitrogens is 2. The molecule has 3 heterocycles. The summed E-state index contributed by atoms with van der Waals surface area (Å²) >= 11 is 9.06. The Morgan fingerprint density at radius 3 is 2.96 bits per heavy atom. The highest BCUT2D eigenvalue weighted by Gasteiger charge is 2.34. The largest absolute Gasteiger partial charge is 0.312 e. The summed E-state index contributed by atoms with van der Waals surface area (Å²) in [6, 6.07) is 9.46. The van der Waals surface area contributed by atoms with E-state index in [-0.39, 0.29) is 17.7 Å². The van der Waals surface area contributed by atoms with Crippen LogP contribution >= 0.6 is 34.3 Å². The number of carbonyl (C=O) groups is 2. The lowest BCUT2D eigenvalue weighted by Crippen LogP contribution is -2.24. The van der Waals surface area contributed by atoms with Gasteiger partial charge in [0.15, 0.2) is 0 Å². The van der Waals surface area contributed by atoms with E-state index >= 15 is 0 Å². The number of rotatable bonds is 5. The number of amides is 2. The average Bonchev–Trinajstić information content (AvgIpc) is 3.39. The van der Waals surface area contributed by atoms with Crippen molar-refractivity contribution in [3.8, 4) is 0 Å². The van der Waals surface area contributed by atoms with Crippen molar-refractivity contribution in [3.05, 3.63) is 56.2 Å². The number of carbonyl (C=O) groups excluding carboxylic acids is 2. The molecule has 6 nitrogen and oxygen atoms in total. The van der Waals surface area contributed by atoms with Crippen molar-refractivity contribution in [2.24, 2.45) is 0 Å². The number of nitrogens with zero attached hydrogens (tertiary/aromatic N) is 3. The molecule has 2 amide bonds. The van der Waals surface area contributed by atoms with Gasteiger partial charge in [0.05, 0.1) is 6.42 Å². The molecule has 1 aromatic carbocycles. The van der Waals surface area contributed by atoms with Crippen molar-refractivity contribution in [2.75, 3.05) is 16.8 Å². The number of benzene rings is 1. The Hall–Kier alpha value is -2.29. The summed E-state index contributed by atoms with van der Waals surface area (Å²) in [6.07, 6.45) is 0.680. The van der Waals surface area contributed by atoms with Crippen molar-refractivity contribution < 1.29 is 9.59 Å². The van der Waals surface area contributed by atoms with E-state index in [0.717, 1.165) is 21.1 Å². The van der Waals surface area contributed by atoms with Gasteiger partial charge in [0.2, 0.25) is 16.9 Å². The van der Waals surface area contributed by atoms with Crippen LogP contribution in [0.2, 0.25) is 5.02 Å². The predicted octanol–water partition coefficient (Wildman–Crippen LogP) is 4.26. The van der Waals surface area contributed by atoms with Crippen LogP contribution in [0.15, 0.2) is 35.7 Å². The number of halogens is 1. The molecular formula is C19H17ClN4O2S2. The fourth-order valence-electron chi connectivity index (χ4n) is 3.06. The SMILES string of the molecule is Cc1ccc(N2C[C@H](c3nnc(NC(=O)Cc4cccs4)s3)CC2=O)cc1Cl. The average molecular weight is 433 g/mol. The van der Waals surface area contributed by atoms with Crippen LogP contribution in [0, 0.1) is 6.92 Å². The van der Waals surface area contributed by atoms with Gasteiger partial charge in [-0.2, -0.15) is 0 Å². The van der Waals surface area contributed by atoms with Crippen molar-refractivity contribution in [1.82, 2.24) is 10.2 Å². The molecule has 28 heavy (non-hydrogen) atoms. The molecule has 4 rings (SSSR count). The van der Waals surface area contributed by atoms with Crippen LogP contribution in [0.5, 0.6) is 0 Å². The summed E-state index contributed by atoms with van der Waals surface area (Å²) in [5, 5.41) is 14.8. The first-order valence-electron chi connectivity index (χ1n) is 8.72. The Labute approximate surface area is 175 Å². The first kappa shape index (κ1) is 19.0. The van der Waals surface area contributed by atoms with Gasteiger partial charge < -0.3 is 10.2 Å². The monoisotopic (exact) mass is 432 g/mol. The first-order chi connectivity index (χ1) is 13.5. The summed E-state index contributed by atoms with van der Waals surface area (Å²) in [7, 11) is 0. The number of thiophene rings is 1. The van der Waals surface area contributed by atoms with E-state index in [4.69, 9.17) is 11.6 Å². The van der Waals surface area contributed by atoms with Crippen LogP contribution in [-0.2, 0) is 16.0 Å². The number of hydrogen-bond donors (Lipinski definition) is 1. The van der Waals surface area contributed by atoms with E-state index in [2.05, 4.69) is 15.5 Å². The summed E-state index contributed by atoms with van der Waals surface area (Å²) in [6.45, 7) is 2.45. The van der Waals surface area contributed by atoms with E-state index in [9.17, 15) is 9.59 Å². The Balaban J connectivity index is 1.42. The maximum Gasteiger partial charge on any atom is 0.231 e. The third kappa shape index (κ3) is 4.09. The lowest BCUT2D eigenvalue weighted by Gasteiger charge is -2.17. The number of hydrogen-bond acceptors (Lipinski definition) is 6. The fraction of sp³-hybridized carbons (Fsp3) is 0.263. The Morgan fingerprint density at radius 1 is 1.36 bits per heavy atom. The number of anilines is 2. The highest BCUT2D eigenvalue weighted by molar-refractivity contribution is 7.15. The normalized spacial score (nSPS) is 16.6. The predicted molar refractivity (Wildman–Crippen MR) is 112 cm³/mol. The molecular weight excluding hydrogens is 416 g/mol. The van der Waals surface area contributed by atoms with Crippen molar-refractivity contribution in [2.45, 2.75) is 25.7 Å². The maximum atomic E-state index is 12.5. The minimum absolute atomic E-state index is 0.0309. The number of aryl methyl sites for hydroxylation is 1. The van der Waals surface area contributed by atoms with Crippen LogP contribution < -0.4 is 10.2 Å². The van der Waals surface area contributed by atoms with Crippen molar-refractivity contribution in [3.63, 3.8) is 0 Å². The second-order valence-electron chi connectivity index (χ2n) is 6.59. The van der Waals surface area contributed by atoms with Gasteiger partial charge in [-0.05, 0) is 36.1 Å². The lowest BCUT2D eigenvalue weighted by atomic mass is 10.1. The third-order valence-corrected chi connectivity index (χ3v) is 6.83. The number of nitrogens with one attached hydrogen (secondary N) is 1. The Morgan fingerprint density at radius 2 is 2.21 bits per heavy atom. The van der Waals surface area contributed by atoms with Gasteiger partial charge in [-0.25, -0.2) is 0 Å². The van der Waals surface area contributed by atoms with Gasteiger partial charge in [-0.1, -0.05) is 35.1 Å². The minimum Gasteiger partial charge on any atom is -0.312 e. The van der Waals surface area contributed by atoms with Gasteiger partial charge in [-0.3, -0.25) is 9.59 Å². The Kier molecular flexibility index (Phi) is 5.43. The molecule has 1 atom stereocenters. The quantitative estimate of drug-likeness (QED) is 0.653. The van der Waals surface area contributed by atoms with E-state index < -0.39 is 0 Å². The van der Waals surface area contributed by atoms with Crippen molar-refractivity contribution >= 4 is 56.9 Å². The highest BCUT2D eigenvalue weighted by Crippen LogP contribution is 2.35. The summed E-state index contributed by atoms with van der Waals surface area (Å²) in [5.41, 5.74) is 1.76. The molecule has 144 valence electrons. The van der Waals surface area contributed by atoms with Crippen LogP contribution in [0.25, 0.3) is 0 Å². The summed E-state index contributed by atoms with van der Waals surface area (Å²) in [5.74, 6) is -0.139. The van der Waals surface area contributed by atoms with Crippen LogP contribution in [0.4, 0.5) is 10.8 Å². The zero-order valence-electron chi connectivity index (χ0n) is 15.0. The molecule has 0 spiro atoms. The molecule has 9 heteroatoms. The summed E-state index contributed by atoms with van der Waals surface area (Å²) < 4.78 is 0. The van der Waals surface area contributed by atoms with Crippen molar-refractivity contribution in [1.29, 1.82) is 0 Å². The molecule has 0 aliphatic carbocycles. The molecule has 1 fully saturated rings. The molecule has 3 aromatic rings. The first-order valence-corrected chi connectivity index (χ1v) is 10.8. The van der Waals surface area contributed by atoms with Crippen LogP contribution in [-0.4, -0.2) is 28.6 Å². The molecule has 0 unspecified atom stereocenters. The Bertz CT molecular complexity index is 1020. The fourth-order valence-corrected chi connectivity index (χ4v) is 4.79. The van der Waals surface area contributed by atoms with Gasteiger partial charge in [-0.15, -0.1) is 21.5 Å². The third-order valence-electron chi connectivity index (χ3n) is 4.54. The van der Waals surface area contributed by atoms with Gasteiger partial charge in [0.25, 0.3) is 0 Å². The molecule has 1 aliphatic rings. The van der Waals surface area contributed by atoms with Crippen LogP contribution in [0.3, 0.4) is 0 Å². The topological polar surface area (TPSA) is 75.2 Å². The maximum absolute atomic E-state index is 12.5. The highest BCUT2D eigenvalue weighted by atomic mass is 35.5. The molecule has 1 aliphatic heterocycles. The van der Waals surface area contributed by atoms with E-state index in [0.29, 0.717) is 29.5 Å². The van der Waals surface area contributed by atoms with Gasteiger partial charge in [0.1, 0.15) is 5.01 Å². The van der Waals surface area contributed by atoms with E-state index in [1.807, 2.05) is 42.6 Å². The van der Waals surface area contributed by atoms with E-state index in [1.54, 1.807) is 16.2 Å². The second kappa shape index (κ2) is 7.98. The van der Waals surface area contributed by atoms with E-state index in [1.165, 1.54) is 11.3 Å².